The number of nitrogens with zero attached hydrogens (tertiary/aromatic N) is 1. The molecule has 0 amide bonds. The van der Waals surface area contributed by atoms with E-state index < -0.39 is 9.84 Å². The van der Waals surface area contributed by atoms with E-state index in [1.54, 1.807) is 23.6 Å². The Labute approximate surface area is 154 Å². The third-order valence-corrected chi connectivity index (χ3v) is 6.34. The third-order valence-electron chi connectivity index (χ3n) is 3.33. The van der Waals surface area contributed by atoms with Gasteiger partial charge in [-0.1, -0.05) is 59.6 Å². The molecule has 3 rings (SSSR count). The topological polar surface area (TPSA) is 47.0 Å². The molecule has 0 bridgehead atoms. The van der Waals surface area contributed by atoms with Crippen LogP contribution in [-0.4, -0.2) is 13.4 Å². The Balaban J connectivity index is 1.76. The quantitative estimate of drug-likeness (QED) is 0.591. The molecule has 0 spiro atoms. The first-order valence-electron chi connectivity index (χ1n) is 7.07. The number of aromatic nitrogens is 1. The number of rotatable bonds is 5. The van der Waals surface area contributed by atoms with Gasteiger partial charge in [0.15, 0.2) is 9.84 Å². The van der Waals surface area contributed by atoms with Crippen LogP contribution in [0.15, 0.2) is 53.9 Å². The molecule has 0 unspecified atom stereocenters. The first-order valence-corrected chi connectivity index (χ1v) is 10.5. The van der Waals surface area contributed by atoms with Crippen LogP contribution in [0.2, 0.25) is 10.0 Å². The molecule has 24 heavy (non-hydrogen) atoms. The molecular weight excluding hydrogens is 385 g/mol. The Bertz CT molecular complexity index is 954. The summed E-state index contributed by atoms with van der Waals surface area (Å²) in [5, 5.41) is 3.43. The number of thiazole rings is 1. The monoisotopic (exact) mass is 397 g/mol. The summed E-state index contributed by atoms with van der Waals surface area (Å²) in [6.45, 7) is 0. The Morgan fingerprint density at radius 3 is 2.46 bits per heavy atom. The van der Waals surface area contributed by atoms with Crippen molar-refractivity contribution in [3.63, 3.8) is 0 Å². The highest BCUT2D eigenvalue weighted by atomic mass is 35.5. The summed E-state index contributed by atoms with van der Waals surface area (Å²) >= 11 is 13.3. The highest BCUT2D eigenvalue weighted by Crippen LogP contribution is 2.26. The van der Waals surface area contributed by atoms with Gasteiger partial charge in [-0.05, 0) is 17.7 Å². The number of hydrogen-bond donors (Lipinski definition) is 0. The molecule has 1 heterocycles. The van der Waals surface area contributed by atoms with Crippen molar-refractivity contribution >= 4 is 44.4 Å². The average molecular weight is 398 g/mol. The van der Waals surface area contributed by atoms with Gasteiger partial charge in [0.05, 0.1) is 17.2 Å². The maximum absolute atomic E-state index is 12.4. The standard InChI is InChI=1S/C17H13Cl2NO2S2/c18-14-7-6-13(16(19)8-14)10-24(21,22)11-15-9-23-17(20-15)12-4-2-1-3-5-12/h1-9H,10-11H2. The van der Waals surface area contributed by atoms with Crippen LogP contribution in [0.3, 0.4) is 0 Å². The molecule has 0 aliphatic heterocycles. The van der Waals surface area contributed by atoms with E-state index in [1.807, 2.05) is 30.3 Å². The number of sulfone groups is 1. The number of hydrogen-bond acceptors (Lipinski definition) is 4. The predicted molar refractivity (Wildman–Crippen MR) is 100 cm³/mol. The van der Waals surface area contributed by atoms with E-state index in [9.17, 15) is 8.42 Å². The largest absolute Gasteiger partial charge is 0.240 e. The van der Waals surface area contributed by atoms with Gasteiger partial charge in [0.25, 0.3) is 0 Å². The zero-order chi connectivity index (χ0) is 17.2. The molecule has 0 aliphatic carbocycles. The van der Waals surface area contributed by atoms with Crippen LogP contribution in [0.5, 0.6) is 0 Å². The van der Waals surface area contributed by atoms with E-state index in [0.717, 1.165) is 10.6 Å². The van der Waals surface area contributed by atoms with Crippen LogP contribution in [0, 0.1) is 0 Å². The van der Waals surface area contributed by atoms with E-state index in [0.29, 0.717) is 21.3 Å². The second kappa shape index (κ2) is 7.23. The molecule has 1 aromatic heterocycles. The highest BCUT2D eigenvalue weighted by molar-refractivity contribution is 7.89. The molecule has 3 aromatic rings. The van der Waals surface area contributed by atoms with Crippen molar-refractivity contribution in [1.29, 1.82) is 0 Å². The van der Waals surface area contributed by atoms with Crippen molar-refractivity contribution in [3.05, 3.63) is 75.2 Å². The van der Waals surface area contributed by atoms with Crippen LogP contribution < -0.4 is 0 Å². The number of halogens is 2. The minimum Gasteiger partial charge on any atom is -0.240 e. The van der Waals surface area contributed by atoms with Gasteiger partial charge in [-0.2, -0.15) is 0 Å². The fraction of sp³-hybridized carbons (Fsp3) is 0.118. The molecule has 0 saturated heterocycles. The minimum atomic E-state index is -3.38. The summed E-state index contributed by atoms with van der Waals surface area (Å²) in [6.07, 6.45) is 0. The van der Waals surface area contributed by atoms with Crippen LogP contribution in [0.1, 0.15) is 11.3 Å². The van der Waals surface area contributed by atoms with Crippen molar-refractivity contribution in [2.75, 3.05) is 0 Å². The van der Waals surface area contributed by atoms with E-state index in [4.69, 9.17) is 23.2 Å². The summed E-state index contributed by atoms with van der Waals surface area (Å²) < 4.78 is 24.9. The van der Waals surface area contributed by atoms with Crippen molar-refractivity contribution in [2.45, 2.75) is 11.5 Å². The smallest absolute Gasteiger partial charge is 0.160 e. The molecule has 0 N–H and O–H groups in total. The Kier molecular flexibility index (Phi) is 5.25. The van der Waals surface area contributed by atoms with Gasteiger partial charge in [0, 0.05) is 21.0 Å². The lowest BCUT2D eigenvalue weighted by atomic mass is 10.2. The Morgan fingerprint density at radius 2 is 1.75 bits per heavy atom. The second-order valence-corrected chi connectivity index (χ2v) is 9.04. The molecular formula is C17H13Cl2NO2S2. The second-order valence-electron chi connectivity index (χ2n) is 5.28. The van der Waals surface area contributed by atoms with Gasteiger partial charge in [-0.25, -0.2) is 13.4 Å². The van der Waals surface area contributed by atoms with Crippen molar-refractivity contribution in [2.24, 2.45) is 0 Å². The van der Waals surface area contributed by atoms with Crippen molar-refractivity contribution in [3.8, 4) is 10.6 Å². The van der Waals surface area contributed by atoms with Crippen LogP contribution >= 0.6 is 34.5 Å². The predicted octanol–water partition coefficient (Wildman–Crippen LogP) is 5.23. The van der Waals surface area contributed by atoms with E-state index >= 15 is 0 Å². The van der Waals surface area contributed by atoms with Gasteiger partial charge in [0.1, 0.15) is 5.01 Å². The molecule has 7 heteroatoms. The first kappa shape index (κ1) is 17.4. The van der Waals surface area contributed by atoms with E-state index in [2.05, 4.69) is 4.98 Å². The molecule has 0 atom stereocenters. The van der Waals surface area contributed by atoms with Crippen molar-refractivity contribution in [1.82, 2.24) is 4.98 Å². The van der Waals surface area contributed by atoms with Gasteiger partial charge < -0.3 is 0 Å². The van der Waals surface area contributed by atoms with Crippen molar-refractivity contribution < 1.29 is 8.42 Å². The normalized spacial score (nSPS) is 11.6. The zero-order valence-corrected chi connectivity index (χ0v) is 15.6. The molecule has 0 radical (unpaired) electrons. The first-order chi connectivity index (χ1) is 11.4. The maximum Gasteiger partial charge on any atom is 0.160 e. The lowest BCUT2D eigenvalue weighted by molar-refractivity contribution is 0.594. The Morgan fingerprint density at radius 1 is 1.00 bits per heavy atom. The lowest BCUT2D eigenvalue weighted by Crippen LogP contribution is -2.08. The maximum atomic E-state index is 12.4. The van der Waals surface area contributed by atoms with Gasteiger partial charge in [-0.3, -0.25) is 0 Å². The average Bonchev–Trinajstić information content (AvgIpc) is 2.99. The lowest BCUT2D eigenvalue weighted by Gasteiger charge is -2.05. The van der Waals surface area contributed by atoms with E-state index in [-0.39, 0.29) is 11.5 Å². The summed E-state index contributed by atoms with van der Waals surface area (Å²) in [5.74, 6) is -0.253. The fourth-order valence-corrected chi connectivity index (χ4v) is 5.15. The summed E-state index contributed by atoms with van der Waals surface area (Å²) in [4.78, 5) is 4.43. The Hall–Kier alpha value is -1.40. The molecule has 3 nitrogen and oxygen atoms in total. The van der Waals surface area contributed by atoms with Crippen LogP contribution in [0.4, 0.5) is 0 Å². The molecule has 0 aliphatic rings. The van der Waals surface area contributed by atoms with Gasteiger partial charge in [0.2, 0.25) is 0 Å². The molecule has 124 valence electrons. The fourth-order valence-electron chi connectivity index (χ4n) is 2.24. The van der Waals surface area contributed by atoms with Gasteiger partial charge in [-0.15, -0.1) is 11.3 Å². The van der Waals surface area contributed by atoms with Gasteiger partial charge >= 0.3 is 0 Å². The van der Waals surface area contributed by atoms with Crippen LogP contribution in [-0.2, 0) is 21.3 Å². The van der Waals surface area contributed by atoms with E-state index in [1.165, 1.54) is 11.3 Å². The van der Waals surface area contributed by atoms with Crippen LogP contribution in [0.25, 0.3) is 10.6 Å². The molecule has 2 aromatic carbocycles. The molecule has 0 fully saturated rings. The summed E-state index contributed by atoms with van der Waals surface area (Å²) in [5.41, 5.74) is 2.07. The summed E-state index contributed by atoms with van der Waals surface area (Å²) in [6, 6.07) is 14.5. The highest BCUT2D eigenvalue weighted by Gasteiger charge is 2.17. The summed E-state index contributed by atoms with van der Waals surface area (Å²) in [7, 11) is -3.38. The molecule has 0 saturated carbocycles. The zero-order valence-electron chi connectivity index (χ0n) is 12.4. The minimum absolute atomic E-state index is 0.116. The third kappa shape index (κ3) is 4.36. The SMILES string of the molecule is O=S(=O)(Cc1csc(-c2ccccc2)n1)Cc1ccc(Cl)cc1Cl. The number of benzene rings is 2.